The summed E-state index contributed by atoms with van der Waals surface area (Å²) in [6, 6.07) is 1.88. The van der Waals surface area contributed by atoms with Gasteiger partial charge in [0.2, 0.25) is 0 Å². The van der Waals surface area contributed by atoms with Crippen LogP contribution in [0.1, 0.15) is 36.8 Å². The van der Waals surface area contributed by atoms with Crippen LogP contribution in [-0.4, -0.2) is 19.3 Å². The molecule has 1 heterocycles. The highest BCUT2D eigenvalue weighted by Crippen LogP contribution is 2.21. The van der Waals surface area contributed by atoms with Gasteiger partial charge in [0.25, 0.3) is 0 Å². The first kappa shape index (κ1) is 16.0. The number of furan rings is 1. The zero-order valence-electron chi connectivity index (χ0n) is 11.3. The van der Waals surface area contributed by atoms with Gasteiger partial charge >= 0.3 is 6.18 Å². The molecule has 1 aromatic heterocycles. The fourth-order valence-electron chi connectivity index (χ4n) is 1.64. The zero-order chi connectivity index (χ0) is 14.3. The Labute approximate surface area is 111 Å². The topological polar surface area (TPSA) is 34.4 Å². The minimum atomic E-state index is -4.11. The molecule has 0 atom stereocenters. The van der Waals surface area contributed by atoms with Crippen LogP contribution in [0.5, 0.6) is 0 Å². The monoisotopic (exact) mass is 279 g/mol. The third-order valence-corrected chi connectivity index (χ3v) is 2.63. The maximum absolute atomic E-state index is 11.9. The van der Waals surface area contributed by atoms with Crippen LogP contribution in [0, 0.1) is 6.92 Å². The Balaban J connectivity index is 2.26. The number of nitrogens with one attached hydrogen (secondary N) is 1. The molecule has 19 heavy (non-hydrogen) atoms. The van der Waals surface area contributed by atoms with Crippen LogP contribution in [0.3, 0.4) is 0 Å². The first-order valence-electron chi connectivity index (χ1n) is 6.35. The molecule has 1 N–H and O–H groups in total. The number of aryl methyl sites for hydroxylation is 1. The van der Waals surface area contributed by atoms with Gasteiger partial charge in [0.1, 0.15) is 18.1 Å². The summed E-state index contributed by atoms with van der Waals surface area (Å²) in [5.41, 5.74) is 1.05. The number of halogens is 3. The van der Waals surface area contributed by atoms with Gasteiger partial charge in [-0.05, 0) is 26.0 Å². The normalized spacial score (nSPS) is 12.1. The van der Waals surface area contributed by atoms with Crippen molar-refractivity contribution >= 4 is 0 Å². The van der Waals surface area contributed by atoms with E-state index in [9.17, 15) is 13.2 Å². The maximum atomic E-state index is 11.9. The van der Waals surface area contributed by atoms with Gasteiger partial charge in [-0.2, -0.15) is 13.2 Å². The molecule has 0 aromatic carbocycles. The van der Waals surface area contributed by atoms with E-state index in [-0.39, 0.29) is 19.6 Å². The fourth-order valence-corrected chi connectivity index (χ4v) is 1.64. The molecule has 3 nitrogen and oxygen atoms in total. The number of rotatable bonds is 8. The number of ether oxygens (including phenoxy) is 1. The van der Waals surface area contributed by atoms with Gasteiger partial charge < -0.3 is 14.5 Å². The second-order valence-electron chi connectivity index (χ2n) is 4.35. The van der Waals surface area contributed by atoms with E-state index in [1.807, 2.05) is 19.9 Å². The Hall–Kier alpha value is -1.01. The van der Waals surface area contributed by atoms with E-state index in [0.29, 0.717) is 5.76 Å². The molecule has 6 heteroatoms. The summed E-state index contributed by atoms with van der Waals surface area (Å²) in [7, 11) is 0. The molecule has 110 valence electrons. The lowest BCUT2D eigenvalue weighted by molar-refractivity contribution is -0.138. The molecule has 1 rings (SSSR count). The smallest absolute Gasteiger partial charge is 0.389 e. The molecular weight excluding hydrogens is 259 g/mol. The zero-order valence-corrected chi connectivity index (χ0v) is 11.3. The number of alkyl halides is 3. The van der Waals surface area contributed by atoms with Crippen LogP contribution in [0.2, 0.25) is 0 Å². The Morgan fingerprint density at radius 2 is 2.11 bits per heavy atom. The highest BCUT2D eigenvalue weighted by atomic mass is 19.4. The van der Waals surface area contributed by atoms with Crippen molar-refractivity contribution in [3.8, 4) is 0 Å². The summed E-state index contributed by atoms with van der Waals surface area (Å²) >= 11 is 0. The highest BCUT2D eigenvalue weighted by Gasteiger charge is 2.25. The minimum Gasteiger partial charge on any atom is -0.464 e. The van der Waals surface area contributed by atoms with Crippen molar-refractivity contribution in [1.29, 1.82) is 0 Å². The van der Waals surface area contributed by atoms with Gasteiger partial charge in [0, 0.05) is 25.1 Å². The average Bonchev–Trinajstić information content (AvgIpc) is 2.65. The summed E-state index contributed by atoms with van der Waals surface area (Å²) in [5.74, 6) is 1.47. The quantitative estimate of drug-likeness (QED) is 0.739. The average molecular weight is 279 g/mol. The second kappa shape index (κ2) is 7.55. The highest BCUT2D eigenvalue weighted by molar-refractivity contribution is 5.20. The van der Waals surface area contributed by atoms with Gasteiger partial charge in [0.15, 0.2) is 0 Å². The first-order chi connectivity index (χ1) is 8.92. The molecule has 0 radical (unpaired) electrons. The summed E-state index contributed by atoms with van der Waals surface area (Å²) in [5, 5.41) is 3.19. The predicted molar refractivity (Wildman–Crippen MR) is 65.8 cm³/mol. The van der Waals surface area contributed by atoms with E-state index in [1.165, 1.54) is 0 Å². The van der Waals surface area contributed by atoms with E-state index in [1.54, 1.807) is 0 Å². The van der Waals surface area contributed by atoms with Crippen LogP contribution >= 0.6 is 0 Å². The van der Waals surface area contributed by atoms with E-state index in [2.05, 4.69) is 5.32 Å². The summed E-state index contributed by atoms with van der Waals surface area (Å²) < 4.78 is 46.3. The summed E-state index contributed by atoms with van der Waals surface area (Å²) in [4.78, 5) is 0. The SMILES string of the molecule is CCNCc1cc(COCCCC(F)(F)F)oc1C. The Morgan fingerprint density at radius 3 is 2.74 bits per heavy atom. The second-order valence-corrected chi connectivity index (χ2v) is 4.35. The van der Waals surface area contributed by atoms with Crippen molar-refractivity contribution in [2.24, 2.45) is 0 Å². The van der Waals surface area contributed by atoms with Crippen molar-refractivity contribution in [2.45, 2.75) is 46.0 Å². The molecule has 0 aliphatic rings. The predicted octanol–water partition coefficient (Wildman–Crippen LogP) is 3.56. The molecule has 0 aliphatic heterocycles. The summed E-state index contributed by atoms with van der Waals surface area (Å²) in [6.07, 6.45) is -4.94. The van der Waals surface area contributed by atoms with Gasteiger partial charge in [0.05, 0.1) is 0 Å². The fraction of sp³-hybridized carbons (Fsp3) is 0.692. The molecule has 0 spiro atoms. The lowest BCUT2D eigenvalue weighted by Crippen LogP contribution is -2.11. The molecule has 0 amide bonds. The number of hydrogen-bond acceptors (Lipinski definition) is 3. The minimum absolute atomic E-state index is 0.0204. The lowest BCUT2D eigenvalue weighted by Gasteiger charge is -2.05. The van der Waals surface area contributed by atoms with Crippen molar-refractivity contribution in [2.75, 3.05) is 13.2 Å². The van der Waals surface area contributed by atoms with Crippen LogP contribution in [0.25, 0.3) is 0 Å². The first-order valence-corrected chi connectivity index (χ1v) is 6.35. The number of hydrogen-bond donors (Lipinski definition) is 1. The van der Waals surface area contributed by atoms with Crippen molar-refractivity contribution in [3.63, 3.8) is 0 Å². The van der Waals surface area contributed by atoms with E-state index >= 15 is 0 Å². The molecular formula is C13H20F3NO2. The van der Waals surface area contributed by atoms with E-state index in [0.717, 1.165) is 24.4 Å². The molecule has 0 saturated heterocycles. The molecule has 1 aromatic rings. The van der Waals surface area contributed by atoms with E-state index in [4.69, 9.17) is 9.15 Å². The Bertz CT molecular complexity index is 374. The third kappa shape index (κ3) is 6.63. The standard InChI is InChI=1S/C13H20F3NO2/c1-3-17-8-11-7-12(19-10(11)2)9-18-6-4-5-13(14,15)16/h7,17H,3-6,8-9H2,1-2H3. The largest absolute Gasteiger partial charge is 0.464 e. The molecule has 0 aliphatic carbocycles. The lowest BCUT2D eigenvalue weighted by atomic mass is 10.2. The van der Waals surface area contributed by atoms with Gasteiger partial charge in [-0.15, -0.1) is 0 Å². The van der Waals surface area contributed by atoms with Gasteiger partial charge in [-0.1, -0.05) is 6.92 Å². The summed E-state index contributed by atoms with van der Waals surface area (Å²) in [6.45, 7) is 5.76. The van der Waals surface area contributed by atoms with Gasteiger partial charge in [-0.3, -0.25) is 0 Å². The van der Waals surface area contributed by atoms with Crippen molar-refractivity contribution in [1.82, 2.24) is 5.32 Å². The van der Waals surface area contributed by atoms with Crippen molar-refractivity contribution in [3.05, 3.63) is 23.2 Å². The van der Waals surface area contributed by atoms with E-state index < -0.39 is 12.6 Å². The Kier molecular flexibility index (Phi) is 6.37. The maximum Gasteiger partial charge on any atom is 0.389 e. The van der Waals surface area contributed by atoms with Crippen LogP contribution in [-0.2, 0) is 17.9 Å². The van der Waals surface area contributed by atoms with Crippen molar-refractivity contribution < 1.29 is 22.3 Å². The Morgan fingerprint density at radius 1 is 1.37 bits per heavy atom. The molecule has 0 bridgehead atoms. The van der Waals surface area contributed by atoms with Crippen LogP contribution in [0.15, 0.2) is 10.5 Å². The molecule has 0 saturated carbocycles. The van der Waals surface area contributed by atoms with Crippen LogP contribution < -0.4 is 5.32 Å². The molecule has 0 unspecified atom stereocenters. The molecule has 0 fully saturated rings. The van der Waals surface area contributed by atoms with Gasteiger partial charge in [-0.25, -0.2) is 0 Å². The van der Waals surface area contributed by atoms with Crippen LogP contribution in [0.4, 0.5) is 13.2 Å². The third-order valence-electron chi connectivity index (χ3n) is 2.63.